The summed E-state index contributed by atoms with van der Waals surface area (Å²) in [5, 5.41) is 13.4. The number of rotatable bonds is 3. The van der Waals surface area contributed by atoms with Crippen LogP contribution in [-0.2, 0) is 5.72 Å². The molecule has 25 heavy (non-hydrogen) atoms. The topological polar surface area (TPSA) is 35.7 Å². The molecule has 0 radical (unpaired) electrons. The van der Waals surface area contributed by atoms with Crippen molar-refractivity contribution in [1.29, 1.82) is 0 Å². The Morgan fingerprint density at radius 1 is 1.16 bits per heavy atom. The predicted octanol–water partition coefficient (Wildman–Crippen LogP) is 3.52. The molecule has 4 nitrogen and oxygen atoms in total. The number of hydrogen-bond acceptors (Lipinski definition) is 4. The molecule has 1 N–H and O–H groups in total. The van der Waals surface area contributed by atoms with Crippen LogP contribution in [0.4, 0.5) is 5.69 Å². The highest BCUT2D eigenvalue weighted by molar-refractivity contribution is 8.13. The second kappa shape index (κ2) is 6.56. The Bertz CT molecular complexity index is 807. The zero-order valence-electron chi connectivity index (χ0n) is 14.0. The molecular weight excluding hydrogens is 356 g/mol. The number of amidine groups is 1. The maximum absolute atomic E-state index is 11.6. The van der Waals surface area contributed by atoms with Gasteiger partial charge in [-0.3, -0.25) is 0 Å². The van der Waals surface area contributed by atoms with Gasteiger partial charge in [0.05, 0.1) is 13.7 Å². The number of halogens is 1. The number of nitrogens with zero attached hydrogens (tertiary/aromatic N) is 2. The third-order valence-electron chi connectivity index (χ3n) is 4.73. The fourth-order valence-corrected chi connectivity index (χ4v) is 4.73. The Hall–Kier alpha value is -1.69. The van der Waals surface area contributed by atoms with Crippen LogP contribution in [0.1, 0.15) is 12.0 Å². The van der Waals surface area contributed by atoms with Crippen LogP contribution in [0.25, 0.3) is 0 Å². The van der Waals surface area contributed by atoms with Crippen molar-refractivity contribution in [2.24, 2.45) is 0 Å². The molecule has 2 aliphatic rings. The highest BCUT2D eigenvalue weighted by atomic mass is 35.5. The number of hydrogen-bond donors (Lipinski definition) is 1. The Labute approximate surface area is 156 Å². The maximum Gasteiger partial charge on any atom is 0.316 e. The lowest BCUT2D eigenvalue weighted by molar-refractivity contribution is -0.656. The molecule has 2 aliphatic heterocycles. The van der Waals surface area contributed by atoms with Crippen LogP contribution >= 0.6 is 23.4 Å². The van der Waals surface area contributed by atoms with Crippen LogP contribution in [0, 0.1) is 0 Å². The highest BCUT2D eigenvalue weighted by Crippen LogP contribution is 2.38. The summed E-state index contributed by atoms with van der Waals surface area (Å²) in [5.41, 5.74) is 0.877. The minimum atomic E-state index is -1.05. The first kappa shape index (κ1) is 16.8. The van der Waals surface area contributed by atoms with E-state index in [1.807, 2.05) is 48.5 Å². The second-order valence-corrected chi connectivity index (χ2v) is 7.74. The molecule has 2 heterocycles. The summed E-state index contributed by atoms with van der Waals surface area (Å²) in [6.45, 7) is 1.33. The molecule has 0 amide bonds. The molecule has 0 bridgehead atoms. The zero-order valence-corrected chi connectivity index (χ0v) is 15.6. The van der Waals surface area contributed by atoms with Gasteiger partial charge in [0.15, 0.2) is 6.54 Å². The summed E-state index contributed by atoms with van der Waals surface area (Å²) in [6, 6.07) is 15.5. The van der Waals surface area contributed by atoms with E-state index in [1.54, 1.807) is 18.9 Å². The SMILES string of the molecule is COc1ccc(C2(O)CN(c3ccc(Cl)cc3)C3=[N+]2CCCS3)cc1. The number of thioether (sulfide) groups is 1. The fourth-order valence-electron chi connectivity index (χ4n) is 3.43. The second-order valence-electron chi connectivity index (χ2n) is 6.24. The first-order valence-corrected chi connectivity index (χ1v) is 9.65. The number of methoxy groups -OCH3 is 1. The summed E-state index contributed by atoms with van der Waals surface area (Å²) in [6.07, 6.45) is 1.06. The molecule has 1 unspecified atom stereocenters. The van der Waals surface area contributed by atoms with E-state index >= 15 is 0 Å². The number of ether oxygens (including phenoxy) is 1. The largest absolute Gasteiger partial charge is 0.497 e. The van der Waals surface area contributed by atoms with Crippen LogP contribution < -0.4 is 9.64 Å². The fraction of sp³-hybridized carbons (Fsp3) is 0.316. The van der Waals surface area contributed by atoms with Gasteiger partial charge >= 0.3 is 5.17 Å². The summed E-state index contributed by atoms with van der Waals surface area (Å²) in [5.74, 6) is 1.85. The van der Waals surface area contributed by atoms with Gasteiger partial charge in [-0.25, -0.2) is 9.48 Å². The average molecular weight is 376 g/mol. The predicted molar refractivity (Wildman–Crippen MR) is 103 cm³/mol. The van der Waals surface area contributed by atoms with E-state index in [9.17, 15) is 5.11 Å². The zero-order chi connectivity index (χ0) is 17.4. The summed E-state index contributed by atoms with van der Waals surface area (Å²) >= 11 is 7.83. The number of β-amino-alcohol motifs (C(OH)–C–C–N with tert-alkyl or cyclic N) is 1. The molecule has 0 aromatic heterocycles. The molecule has 0 spiro atoms. The Morgan fingerprint density at radius 2 is 1.88 bits per heavy atom. The molecule has 0 saturated heterocycles. The summed E-state index contributed by atoms with van der Waals surface area (Å²) < 4.78 is 7.37. The average Bonchev–Trinajstić information content (AvgIpc) is 2.97. The molecule has 0 fully saturated rings. The first-order valence-electron chi connectivity index (χ1n) is 8.29. The summed E-state index contributed by atoms with van der Waals surface area (Å²) in [4.78, 5) is 2.18. The number of aliphatic hydroxyl groups is 1. The van der Waals surface area contributed by atoms with Gasteiger partial charge < -0.3 is 9.84 Å². The van der Waals surface area contributed by atoms with Crippen molar-refractivity contribution in [2.75, 3.05) is 30.9 Å². The van der Waals surface area contributed by atoms with Gasteiger partial charge in [0.2, 0.25) is 0 Å². The third-order valence-corrected chi connectivity index (χ3v) is 6.18. The van der Waals surface area contributed by atoms with Crippen molar-refractivity contribution in [3.05, 3.63) is 59.1 Å². The van der Waals surface area contributed by atoms with E-state index in [0.29, 0.717) is 11.6 Å². The van der Waals surface area contributed by atoms with Crippen LogP contribution in [-0.4, -0.2) is 40.8 Å². The molecule has 2 aromatic rings. The van der Waals surface area contributed by atoms with Crippen LogP contribution in [0.3, 0.4) is 0 Å². The quantitative estimate of drug-likeness (QED) is 0.833. The monoisotopic (exact) mass is 375 g/mol. The van der Waals surface area contributed by atoms with Crippen LogP contribution in [0.2, 0.25) is 5.02 Å². The maximum atomic E-state index is 11.6. The van der Waals surface area contributed by atoms with Crippen molar-refractivity contribution < 1.29 is 14.4 Å². The van der Waals surface area contributed by atoms with Gasteiger partial charge in [-0.15, -0.1) is 0 Å². The molecule has 0 aliphatic carbocycles. The number of anilines is 1. The van der Waals surface area contributed by atoms with E-state index in [-0.39, 0.29) is 0 Å². The van der Waals surface area contributed by atoms with Crippen molar-refractivity contribution >= 4 is 34.2 Å². The minimum absolute atomic E-state index is 0.489. The van der Waals surface area contributed by atoms with Crippen LogP contribution in [0.5, 0.6) is 5.75 Å². The van der Waals surface area contributed by atoms with Gasteiger partial charge in [-0.05, 0) is 66.7 Å². The third kappa shape index (κ3) is 2.90. The van der Waals surface area contributed by atoms with E-state index in [1.165, 1.54) is 0 Å². The molecule has 0 saturated carbocycles. The minimum Gasteiger partial charge on any atom is -0.497 e. The number of benzene rings is 2. The van der Waals surface area contributed by atoms with Crippen molar-refractivity contribution in [1.82, 2.24) is 0 Å². The van der Waals surface area contributed by atoms with E-state index in [0.717, 1.165) is 40.9 Å². The van der Waals surface area contributed by atoms with E-state index in [2.05, 4.69) is 9.48 Å². The molecule has 130 valence electrons. The lowest BCUT2D eigenvalue weighted by Crippen LogP contribution is -2.41. The van der Waals surface area contributed by atoms with Gasteiger partial charge in [-0.2, -0.15) is 0 Å². The lowest BCUT2D eigenvalue weighted by atomic mass is 10.0. The van der Waals surface area contributed by atoms with Crippen molar-refractivity contribution in [3.8, 4) is 5.75 Å². The van der Waals surface area contributed by atoms with E-state index in [4.69, 9.17) is 16.3 Å². The van der Waals surface area contributed by atoms with Gasteiger partial charge in [0.1, 0.15) is 11.4 Å². The molecule has 6 heteroatoms. The Morgan fingerprint density at radius 3 is 2.56 bits per heavy atom. The lowest BCUT2D eigenvalue weighted by Gasteiger charge is -2.24. The molecule has 2 aromatic carbocycles. The standard InChI is InChI=1S/C19H20ClN2O2S/c1-24-17-9-3-14(4-10-17)19(23)13-21(16-7-5-15(20)6-8-16)18-22(19)11-2-12-25-18/h3-10,23H,2,11-13H2,1H3/q+1. The van der Waals surface area contributed by atoms with Crippen molar-refractivity contribution in [2.45, 2.75) is 12.1 Å². The molecule has 1 atom stereocenters. The van der Waals surface area contributed by atoms with Crippen LogP contribution in [0.15, 0.2) is 48.5 Å². The molecular formula is C19H20ClN2O2S+. The highest BCUT2D eigenvalue weighted by Gasteiger charge is 2.53. The van der Waals surface area contributed by atoms with Gasteiger partial charge in [0, 0.05) is 16.3 Å². The first-order chi connectivity index (χ1) is 12.1. The smallest absolute Gasteiger partial charge is 0.316 e. The Kier molecular flexibility index (Phi) is 4.40. The van der Waals surface area contributed by atoms with Gasteiger partial charge in [-0.1, -0.05) is 11.6 Å². The Balaban J connectivity index is 1.76. The normalized spacial score (nSPS) is 22.9. The molecule has 4 rings (SSSR count). The summed E-state index contributed by atoms with van der Waals surface area (Å²) in [7, 11) is 1.65. The van der Waals surface area contributed by atoms with Gasteiger partial charge in [0.25, 0.3) is 5.72 Å². The van der Waals surface area contributed by atoms with Crippen molar-refractivity contribution in [3.63, 3.8) is 0 Å². The van der Waals surface area contributed by atoms with E-state index < -0.39 is 5.72 Å².